The summed E-state index contributed by atoms with van der Waals surface area (Å²) in [6, 6.07) is 18.6. The van der Waals surface area contributed by atoms with E-state index in [0.29, 0.717) is 64.4 Å². The fourth-order valence-electron chi connectivity index (χ4n) is 9.38. The fourth-order valence-corrected chi connectivity index (χ4v) is 12.7. The number of oxazole rings is 1. The predicted octanol–water partition coefficient (Wildman–Crippen LogP) is 6.12. The summed E-state index contributed by atoms with van der Waals surface area (Å²) in [5.41, 5.74) is 3.41. The highest BCUT2D eigenvalue weighted by Crippen LogP contribution is 2.46. The van der Waals surface area contributed by atoms with Gasteiger partial charge in [-0.2, -0.15) is 4.31 Å². The number of halogens is 1. The lowest BCUT2D eigenvalue weighted by Crippen LogP contribution is -2.55. The Morgan fingerprint density at radius 1 is 0.955 bits per heavy atom. The molecule has 3 saturated heterocycles. The lowest BCUT2D eigenvalue weighted by atomic mass is 9.89. The number of aromatic carboxylic acids is 1. The molecule has 354 valence electrons. The maximum absolute atomic E-state index is 14.0. The first-order valence-electron chi connectivity index (χ1n) is 21.7. The molecule has 5 N–H and O–H groups in total. The van der Waals surface area contributed by atoms with Gasteiger partial charge in [0.25, 0.3) is 0 Å². The molecule has 8 rings (SSSR count). The first-order chi connectivity index (χ1) is 31.8. The Labute approximate surface area is 393 Å². The van der Waals surface area contributed by atoms with Crippen molar-refractivity contribution in [3.63, 3.8) is 0 Å². The van der Waals surface area contributed by atoms with E-state index in [4.69, 9.17) is 25.9 Å². The predicted molar refractivity (Wildman–Crippen MR) is 250 cm³/mol. The van der Waals surface area contributed by atoms with Gasteiger partial charge in [0.15, 0.2) is 22.8 Å². The van der Waals surface area contributed by atoms with E-state index in [2.05, 4.69) is 20.9 Å². The molecular weight excluding hydrogens is 928 g/mol. The van der Waals surface area contributed by atoms with Gasteiger partial charge in [0.2, 0.25) is 27.7 Å². The minimum atomic E-state index is -3.80. The molecule has 0 aliphatic carbocycles. The molecule has 0 saturated carbocycles. The highest BCUT2D eigenvalue weighted by molar-refractivity contribution is 7.88. The smallest absolute Gasteiger partial charge is 0.420 e. The van der Waals surface area contributed by atoms with Crippen molar-refractivity contribution in [1.29, 1.82) is 0 Å². The second-order valence-electron chi connectivity index (χ2n) is 17.7. The Kier molecular flexibility index (Phi) is 13.6. The second kappa shape index (κ2) is 19.3. The number of amides is 3. The number of anilines is 2. The highest BCUT2D eigenvalue weighted by Gasteiger charge is 2.42. The van der Waals surface area contributed by atoms with Crippen LogP contribution in [0.2, 0.25) is 5.02 Å². The van der Waals surface area contributed by atoms with Crippen molar-refractivity contribution in [3.05, 3.63) is 98.3 Å². The monoisotopic (exact) mass is 976 g/mol. The number of imide groups is 1. The second-order valence-corrected chi connectivity index (χ2v) is 21.0. The van der Waals surface area contributed by atoms with E-state index in [1.807, 2.05) is 32.0 Å². The third kappa shape index (κ3) is 10.6. The van der Waals surface area contributed by atoms with Crippen LogP contribution in [0.1, 0.15) is 85.1 Å². The van der Waals surface area contributed by atoms with Gasteiger partial charge in [0.1, 0.15) is 11.1 Å². The number of thiophene rings is 1. The number of benzene rings is 3. The molecule has 1 unspecified atom stereocenters. The van der Waals surface area contributed by atoms with E-state index in [0.717, 1.165) is 29.7 Å². The van der Waals surface area contributed by atoms with Crippen LogP contribution in [-0.2, 0) is 35.0 Å². The Hall–Kier alpha value is -6.06. The van der Waals surface area contributed by atoms with E-state index in [1.54, 1.807) is 48.5 Å². The molecule has 67 heavy (non-hydrogen) atoms. The van der Waals surface area contributed by atoms with E-state index in [-0.39, 0.29) is 71.1 Å². The number of carboxylic acid groups (broad SMARTS) is 2. The molecule has 2 aromatic heterocycles. The fraction of sp³-hybridized carbons (Fsp3) is 0.391. The first kappa shape index (κ1) is 47.4. The Bertz CT molecular complexity index is 2940. The van der Waals surface area contributed by atoms with Crippen molar-refractivity contribution in [2.75, 3.05) is 43.4 Å². The van der Waals surface area contributed by atoms with Gasteiger partial charge in [-0.25, -0.2) is 22.8 Å². The zero-order valence-electron chi connectivity index (χ0n) is 36.6. The van der Waals surface area contributed by atoms with Gasteiger partial charge in [0, 0.05) is 35.9 Å². The normalized spacial score (nSPS) is 19.5. The van der Waals surface area contributed by atoms with Crippen molar-refractivity contribution >= 4 is 85.1 Å². The summed E-state index contributed by atoms with van der Waals surface area (Å²) < 4.78 is 41.6. The standard InChI is InChI=1S/C46H49ClN6O12S2/c1-46(2)22-32(48-31-8-4-6-29(20-31)41-39(47)40(64-24-38(56)57)42(66-41)44(59)60)15-18-52(46)67(62,63)25-26-5-3-7-30(19-26)49-37(55)23-51-16-13-27(14-17-51)28-9-10-33-35(21-28)65-45(61)53(33)34-11-12-36(54)50-43(34)58/h3-10,19-21,27,32,34,48H,11-18,22-25H2,1-2H3,(H,49,55)(H,56,57)(H,59,60)(H,50,54,58)/t32-,34?/m0/s1. The maximum Gasteiger partial charge on any atom is 0.420 e. The molecule has 3 fully saturated rings. The summed E-state index contributed by atoms with van der Waals surface area (Å²) in [6.07, 6.45) is 2.86. The summed E-state index contributed by atoms with van der Waals surface area (Å²) in [5.74, 6) is -4.65. The number of carboxylic acids is 2. The molecule has 3 aliphatic rings. The minimum absolute atomic E-state index is 0.00329. The Balaban J connectivity index is 0.831. The number of carbonyl (C=O) groups is 5. The van der Waals surface area contributed by atoms with Crippen LogP contribution in [0, 0.1) is 0 Å². The zero-order chi connectivity index (χ0) is 47.8. The van der Waals surface area contributed by atoms with E-state index < -0.39 is 51.8 Å². The van der Waals surface area contributed by atoms with Crippen molar-refractivity contribution in [3.8, 4) is 16.2 Å². The summed E-state index contributed by atoms with van der Waals surface area (Å²) in [7, 11) is -3.80. The van der Waals surface area contributed by atoms with Gasteiger partial charge in [0.05, 0.1) is 22.7 Å². The summed E-state index contributed by atoms with van der Waals surface area (Å²) in [5, 5.41) is 27.5. The molecule has 3 amide bonds. The minimum Gasteiger partial charge on any atom is -0.479 e. The zero-order valence-corrected chi connectivity index (χ0v) is 39.0. The largest absolute Gasteiger partial charge is 0.479 e. The van der Waals surface area contributed by atoms with Crippen molar-refractivity contribution in [1.82, 2.24) is 19.1 Å². The molecule has 0 radical (unpaired) electrons. The quantitative estimate of drug-likeness (QED) is 0.0743. The van der Waals surface area contributed by atoms with Crippen LogP contribution < -0.4 is 26.4 Å². The van der Waals surface area contributed by atoms with Crippen molar-refractivity contribution < 1.29 is 51.8 Å². The van der Waals surface area contributed by atoms with Crippen LogP contribution in [0.4, 0.5) is 11.4 Å². The summed E-state index contributed by atoms with van der Waals surface area (Å²) in [6.45, 7) is 4.72. The molecule has 2 atom stereocenters. The van der Waals surface area contributed by atoms with Crippen LogP contribution in [0.3, 0.4) is 0 Å². The number of nitrogens with one attached hydrogen (secondary N) is 3. The number of hydrogen-bond donors (Lipinski definition) is 5. The first-order valence-corrected chi connectivity index (χ1v) is 24.5. The van der Waals surface area contributed by atoms with Gasteiger partial charge in [-0.1, -0.05) is 41.9 Å². The SMILES string of the molecule is CC1(C)C[C@@H](Nc2cccc(-c3sc(C(=O)O)c(OCC(=O)O)c3Cl)c2)CCN1S(=O)(=O)Cc1cccc(NC(=O)CN2CCC(c3ccc4c(c3)oc(=O)n4C3CCC(=O)NC3=O)CC2)c1. The molecule has 0 bridgehead atoms. The Morgan fingerprint density at radius 2 is 1.70 bits per heavy atom. The number of aliphatic carboxylic acids is 1. The van der Waals surface area contributed by atoms with Gasteiger partial charge < -0.3 is 30.0 Å². The number of rotatable bonds is 15. The number of aromatic nitrogens is 1. The van der Waals surface area contributed by atoms with Crippen LogP contribution >= 0.6 is 22.9 Å². The lowest BCUT2D eigenvalue weighted by molar-refractivity contribution is -0.139. The van der Waals surface area contributed by atoms with Crippen molar-refractivity contribution in [2.24, 2.45) is 0 Å². The molecular formula is C46H49ClN6O12S2. The molecule has 5 aromatic rings. The molecule has 21 heteroatoms. The van der Waals surface area contributed by atoms with Gasteiger partial charge >= 0.3 is 17.7 Å². The number of carbonyl (C=O) groups excluding carboxylic acids is 3. The molecule has 5 heterocycles. The number of fused-ring (bicyclic) bond motifs is 1. The number of hydrogen-bond acceptors (Lipinski definition) is 13. The average molecular weight is 978 g/mol. The Morgan fingerprint density at radius 3 is 2.42 bits per heavy atom. The van der Waals surface area contributed by atoms with Gasteiger partial charge in [-0.05, 0) is 118 Å². The molecule has 3 aliphatic heterocycles. The van der Waals surface area contributed by atoms with E-state index in [9.17, 15) is 42.3 Å². The number of ether oxygens (including phenoxy) is 1. The summed E-state index contributed by atoms with van der Waals surface area (Å²) in [4.78, 5) is 75.3. The van der Waals surface area contributed by atoms with Crippen LogP contribution in [0.25, 0.3) is 21.5 Å². The third-order valence-electron chi connectivity index (χ3n) is 12.4. The average Bonchev–Trinajstić information content (AvgIpc) is 3.77. The number of nitrogens with zero attached hydrogens (tertiary/aromatic N) is 3. The number of sulfonamides is 1. The third-order valence-corrected chi connectivity index (χ3v) is 16.1. The van der Waals surface area contributed by atoms with Crippen LogP contribution in [-0.4, -0.2) is 106 Å². The maximum atomic E-state index is 14.0. The lowest BCUT2D eigenvalue weighted by Gasteiger charge is -2.45. The van der Waals surface area contributed by atoms with E-state index >= 15 is 0 Å². The number of piperidine rings is 3. The van der Waals surface area contributed by atoms with Crippen molar-refractivity contribution in [2.45, 2.75) is 81.7 Å². The van der Waals surface area contributed by atoms with Gasteiger partial charge in [-0.15, -0.1) is 11.3 Å². The summed E-state index contributed by atoms with van der Waals surface area (Å²) >= 11 is 7.39. The molecule has 0 spiro atoms. The highest BCUT2D eigenvalue weighted by atomic mass is 35.5. The van der Waals surface area contributed by atoms with E-state index in [1.165, 1.54) is 8.87 Å². The molecule has 18 nitrogen and oxygen atoms in total. The van der Waals surface area contributed by atoms with Gasteiger partial charge in [-0.3, -0.25) is 29.2 Å². The van der Waals surface area contributed by atoms with Crippen LogP contribution in [0.15, 0.2) is 75.9 Å². The number of likely N-dealkylation sites (tertiary alicyclic amines) is 1. The topological polar surface area (TPSA) is 247 Å². The van der Waals surface area contributed by atoms with Crippen LogP contribution in [0.5, 0.6) is 5.75 Å². The molecule has 3 aromatic carbocycles.